The Hall–Kier alpha value is -1.31. The zero-order valence-corrected chi connectivity index (χ0v) is 11.0. The van der Waals surface area contributed by atoms with Crippen LogP contribution in [0, 0.1) is 18.3 Å². The van der Waals surface area contributed by atoms with E-state index >= 15 is 0 Å². The van der Waals surface area contributed by atoms with E-state index < -0.39 is 0 Å². The number of nitrogens with two attached hydrogens (primary N) is 1. The summed E-state index contributed by atoms with van der Waals surface area (Å²) in [6.07, 6.45) is 0. The first-order chi connectivity index (χ1) is 7.65. The van der Waals surface area contributed by atoms with Crippen molar-refractivity contribution in [2.75, 3.05) is 5.73 Å². The van der Waals surface area contributed by atoms with E-state index in [1.165, 1.54) is 11.3 Å². The van der Waals surface area contributed by atoms with Gasteiger partial charge in [0.2, 0.25) is 0 Å². The van der Waals surface area contributed by atoms with Crippen molar-refractivity contribution in [2.45, 2.75) is 6.92 Å². The molecule has 4 heteroatoms. The predicted octanol–water partition coefficient (Wildman–Crippen LogP) is 3.94. The molecule has 0 atom stereocenters. The highest BCUT2D eigenvalue weighted by Gasteiger charge is 2.16. The maximum atomic E-state index is 8.98. The smallest absolute Gasteiger partial charge is 0.103 e. The van der Waals surface area contributed by atoms with Gasteiger partial charge in [0.1, 0.15) is 11.6 Å². The van der Waals surface area contributed by atoms with Gasteiger partial charge in [-0.1, -0.05) is 24.3 Å². The summed E-state index contributed by atoms with van der Waals surface area (Å²) in [6, 6.07) is 10.1. The molecule has 0 aliphatic rings. The number of anilines is 1. The van der Waals surface area contributed by atoms with Crippen LogP contribution in [0.1, 0.15) is 11.1 Å². The zero-order valence-electron chi connectivity index (χ0n) is 8.62. The molecule has 2 rings (SSSR count). The Morgan fingerprint density at radius 2 is 2.06 bits per heavy atom. The van der Waals surface area contributed by atoms with E-state index in [1.54, 1.807) is 0 Å². The molecule has 1 heterocycles. The molecule has 2 nitrogen and oxygen atoms in total. The van der Waals surface area contributed by atoms with E-state index in [2.05, 4.69) is 22.0 Å². The van der Waals surface area contributed by atoms with Crippen LogP contribution in [0.25, 0.3) is 10.4 Å². The van der Waals surface area contributed by atoms with Crippen molar-refractivity contribution in [3.8, 4) is 16.5 Å². The van der Waals surface area contributed by atoms with Gasteiger partial charge in [0.15, 0.2) is 0 Å². The summed E-state index contributed by atoms with van der Waals surface area (Å²) in [5.74, 6) is 0. The Balaban J connectivity index is 2.68. The summed E-state index contributed by atoms with van der Waals surface area (Å²) in [6.45, 7) is 2.04. The van der Waals surface area contributed by atoms with Gasteiger partial charge >= 0.3 is 0 Å². The molecule has 0 unspecified atom stereocenters. The molecule has 0 radical (unpaired) electrons. The predicted molar refractivity (Wildman–Crippen MR) is 71.3 cm³/mol. The van der Waals surface area contributed by atoms with E-state index in [-0.39, 0.29) is 0 Å². The highest BCUT2D eigenvalue weighted by Crippen LogP contribution is 2.42. The Morgan fingerprint density at radius 3 is 2.62 bits per heavy atom. The molecule has 2 N–H and O–H groups in total. The number of aryl methyl sites for hydroxylation is 1. The third-order valence-corrected chi connectivity index (χ3v) is 4.31. The largest absolute Gasteiger partial charge is 0.396 e. The Bertz CT molecular complexity index is 581. The zero-order chi connectivity index (χ0) is 11.7. The molecule has 0 aliphatic heterocycles. The molecule has 0 saturated heterocycles. The van der Waals surface area contributed by atoms with Crippen molar-refractivity contribution >= 4 is 33.0 Å². The lowest BCUT2D eigenvalue weighted by Crippen LogP contribution is -1.89. The first-order valence-corrected chi connectivity index (χ1v) is 6.30. The lowest BCUT2D eigenvalue weighted by atomic mass is 10.1. The molecule has 0 fully saturated rings. The topological polar surface area (TPSA) is 49.8 Å². The minimum absolute atomic E-state index is 0.531. The third kappa shape index (κ3) is 1.73. The fourth-order valence-corrected chi connectivity index (χ4v) is 3.32. The summed E-state index contributed by atoms with van der Waals surface area (Å²) in [5.41, 5.74) is 9.32. The Kier molecular flexibility index (Phi) is 2.99. The first-order valence-electron chi connectivity index (χ1n) is 4.69. The van der Waals surface area contributed by atoms with Crippen LogP contribution in [-0.4, -0.2) is 0 Å². The maximum absolute atomic E-state index is 8.98. The van der Waals surface area contributed by atoms with Gasteiger partial charge in [0.25, 0.3) is 0 Å². The van der Waals surface area contributed by atoms with Gasteiger partial charge in [0.05, 0.1) is 14.4 Å². The fourth-order valence-electron chi connectivity index (χ4n) is 1.55. The lowest BCUT2D eigenvalue weighted by molar-refractivity contribution is 1.47. The van der Waals surface area contributed by atoms with Gasteiger partial charge in [-0.15, -0.1) is 11.3 Å². The molecular formula is C12H9BrN2S. The number of benzene rings is 1. The van der Waals surface area contributed by atoms with Crippen LogP contribution < -0.4 is 5.73 Å². The summed E-state index contributed by atoms with van der Waals surface area (Å²) >= 11 is 4.87. The molecule has 80 valence electrons. The summed E-state index contributed by atoms with van der Waals surface area (Å²) < 4.78 is 0.797. The van der Waals surface area contributed by atoms with E-state index in [4.69, 9.17) is 11.0 Å². The number of hydrogen-bond acceptors (Lipinski definition) is 3. The molecule has 0 spiro atoms. The van der Waals surface area contributed by atoms with Crippen molar-refractivity contribution in [3.63, 3.8) is 0 Å². The number of nitrogen functional groups attached to an aromatic ring is 1. The van der Waals surface area contributed by atoms with Gasteiger partial charge in [0, 0.05) is 0 Å². The molecule has 0 aliphatic carbocycles. The Labute approximate surface area is 106 Å². The molecule has 1 aromatic carbocycles. The van der Waals surface area contributed by atoms with Crippen LogP contribution in [-0.2, 0) is 0 Å². The molecule has 1 aromatic heterocycles. The quantitative estimate of drug-likeness (QED) is 0.865. The number of halogens is 1. The molecule has 0 saturated carbocycles. The summed E-state index contributed by atoms with van der Waals surface area (Å²) in [7, 11) is 0. The minimum atomic E-state index is 0.531. The van der Waals surface area contributed by atoms with E-state index in [0.29, 0.717) is 11.3 Å². The first kappa shape index (κ1) is 11.2. The highest BCUT2D eigenvalue weighted by molar-refractivity contribution is 9.11. The molecule has 16 heavy (non-hydrogen) atoms. The normalized spacial score (nSPS) is 10.1. The van der Waals surface area contributed by atoms with Gasteiger partial charge in [-0.2, -0.15) is 5.26 Å². The maximum Gasteiger partial charge on any atom is 0.103 e. The SMILES string of the molecule is Cc1ccccc1-c1sc(Br)c(C#N)c1N. The van der Waals surface area contributed by atoms with Crippen LogP contribution in [0.5, 0.6) is 0 Å². The van der Waals surface area contributed by atoms with Crippen LogP contribution in [0.4, 0.5) is 5.69 Å². The number of hydrogen-bond donors (Lipinski definition) is 1. The average molecular weight is 293 g/mol. The second-order valence-corrected chi connectivity index (χ2v) is 5.76. The molecule has 0 bridgehead atoms. The van der Waals surface area contributed by atoms with Crippen molar-refractivity contribution in [1.82, 2.24) is 0 Å². The number of rotatable bonds is 1. The van der Waals surface area contributed by atoms with Crippen LogP contribution >= 0.6 is 27.3 Å². The third-order valence-electron chi connectivity index (χ3n) is 2.40. The van der Waals surface area contributed by atoms with Crippen molar-refractivity contribution in [3.05, 3.63) is 39.2 Å². The number of nitriles is 1. The second-order valence-electron chi connectivity index (χ2n) is 3.42. The average Bonchev–Trinajstić information content (AvgIpc) is 2.55. The van der Waals surface area contributed by atoms with E-state index in [0.717, 1.165) is 19.8 Å². The monoisotopic (exact) mass is 292 g/mol. The number of thiophene rings is 1. The molecular weight excluding hydrogens is 284 g/mol. The summed E-state index contributed by atoms with van der Waals surface area (Å²) in [4.78, 5) is 0.960. The van der Waals surface area contributed by atoms with E-state index in [9.17, 15) is 0 Å². The minimum Gasteiger partial charge on any atom is -0.396 e. The highest BCUT2D eigenvalue weighted by atomic mass is 79.9. The summed E-state index contributed by atoms with van der Waals surface area (Å²) in [5, 5.41) is 8.98. The van der Waals surface area contributed by atoms with Crippen LogP contribution in [0.3, 0.4) is 0 Å². The second kappa shape index (κ2) is 4.28. The molecule has 0 amide bonds. The van der Waals surface area contributed by atoms with Gasteiger partial charge in [-0.25, -0.2) is 0 Å². The Morgan fingerprint density at radius 1 is 1.38 bits per heavy atom. The van der Waals surface area contributed by atoms with E-state index in [1.807, 2.05) is 31.2 Å². The number of nitrogens with zero attached hydrogens (tertiary/aromatic N) is 1. The van der Waals surface area contributed by atoms with Gasteiger partial charge in [-0.3, -0.25) is 0 Å². The van der Waals surface area contributed by atoms with Crippen LogP contribution in [0.2, 0.25) is 0 Å². The van der Waals surface area contributed by atoms with Gasteiger partial charge < -0.3 is 5.73 Å². The molecule has 2 aromatic rings. The van der Waals surface area contributed by atoms with Crippen molar-refractivity contribution < 1.29 is 0 Å². The standard InChI is InChI=1S/C12H9BrN2S/c1-7-4-2-3-5-8(7)11-10(15)9(6-14)12(13)16-11/h2-5H,15H2,1H3. The lowest BCUT2D eigenvalue weighted by Gasteiger charge is -2.03. The fraction of sp³-hybridized carbons (Fsp3) is 0.0833. The van der Waals surface area contributed by atoms with Crippen molar-refractivity contribution in [1.29, 1.82) is 5.26 Å². The van der Waals surface area contributed by atoms with Gasteiger partial charge in [-0.05, 0) is 34.0 Å². The van der Waals surface area contributed by atoms with Crippen molar-refractivity contribution in [2.24, 2.45) is 0 Å². The van der Waals surface area contributed by atoms with Crippen LogP contribution in [0.15, 0.2) is 28.1 Å².